The predicted octanol–water partition coefficient (Wildman–Crippen LogP) is 3.50. The highest BCUT2D eigenvalue weighted by Gasteiger charge is 2.23. The van der Waals surface area contributed by atoms with Gasteiger partial charge in [0.25, 0.3) is 0 Å². The molecule has 10 nitrogen and oxygen atoms in total. The molecular weight excluding hydrogens is 478 g/mol. The van der Waals surface area contributed by atoms with Crippen molar-refractivity contribution in [1.82, 2.24) is 19.7 Å². The van der Waals surface area contributed by atoms with Gasteiger partial charge in [-0.05, 0) is 51.0 Å². The topological polar surface area (TPSA) is 128 Å². The molecule has 0 unspecified atom stereocenters. The molecular formula is C22H25N5O5S2. The molecule has 34 heavy (non-hydrogen) atoms. The van der Waals surface area contributed by atoms with E-state index >= 15 is 0 Å². The van der Waals surface area contributed by atoms with Crippen molar-refractivity contribution < 1.29 is 24.2 Å². The summed E-state index contributed by atoms with van der Waals surface area (Å²) in [6.07, 6.45) is 2.01. The smallest absolute Gasteiger partial charge is 0.350 e. The zero-order chi connectivity index (χ0) is 24.1. The lowest BCUT2D eigenvalue weighted by molar-refractivity contribution is -0.113. The van der Waals surface area contributed by atoms with Crippen LogP contribution in [0.25, 0.3) is 11.4 Å². The lowest BCUT2D eigenvalue weighted by Gasteiger charge is -2.14. The molecule has 3 heterocycles. The van der Waals surface area contributed by atoms with Crippen LogP contribution in [-0.4, -0.2) is 61.8 Å². The van der Waals surface area contributed by atoms with Gasteiger partial charge in [-0.3, -0.25) is 9.36 Å². The minimum Gasteiger partial charge on any atom is -0.508 e. The quantitative estimate of drug-likeness (QED) is 0.333. The minimum absolute atomic E-state index is 0.0552. The highest BCUT2D eigenvalue weighted by atomic mass is 32.2. The molecule has 0 saturated carbocycles. The normalized spacial score (nSPS) is 15.4. The third kappa shape index (κ3) is 5.75. The van der Waals surface area contributed by atoms with Crippen LogP contribution in [0.3, 0.4) is 0 Å². The first kappa shape index (κ1) is 24.2. The first-order valence-corrected chi connectivity index (χ1v) is 12.7. The zero-order valence-corrected chi connectivity index (χ0v) is 20.4. The Labute approximate surface area is 204 Å². The van der Waals surface area contributed by atoms with E-state index < -0.39 is 5.97 Å². The highest BCUT2D eigenvalue weighted by Crippen LogP contribution is 2.28. The number of phenolic OH excluding ortho intramolecular Hbond substituents is 1. The summed E-state index contributed by atoms with van der Waals surface area (Å²) < 4.78 is 12.8. The van der Waals surface area contributed by atoms with E-state index in [0.717, 1.165) is 36.3 Å². The number of carbonyl (C=O) groups is 2. The summed E-state index contributed by atoms with van der Waals surface area (Å²) in [4.78, 5) is 29.2. The minimum atomic E-state index is -0.448. The predicted molar refractivity (Wildman–Crippen MR) is 128 cm³/mol. The number of hydrogen-bond acceptors (Lipinski definition) is 10. The van der Waals surface area contributed by atoms with Crippen LogP contribution in [0.15, 0.2) is 29.4 Å². The second-order valence-electron chi connectivity index (χ2n) is 7.59. The molecule has 2 N–H and O–H groups in total. The SMILES string of the molecule is CCOC(=O)c1sc(NC(=O)CSc2nnc(-c3ccc(O)cc3)n2C[C@H]2CCCO2)nc1C. The Morgan fingerprint density at radius 3 is 2.82 bits per heavy atom. The molecule has 1 fully saturated rings. The molecule has 0 spiro atoms. The number of thiazole rings is 1. The standard InChI is InChI=1S/C22H25N5O5S2/c1-3-31-20(30)18-13(2)23-21(34-18)24-17(29)12-33-22-26-25-19(14-6-8-15(28)9-7-14)27(22)11-16-5-4-10-32-16/h6-9,16,28H,3-5,10-12H2,1-2H3,(H,23,24,29)/t16-/m1/s1. The van der Waals surface area contributed by atoms with Crippen LogP contribution < -0.4 is 5.32 Å². The molecule has 0 radical (unpaired) electrons. The van der Waals surface area contributed by atoms with Gasteiger partial charge in [-0.15, -0.1) is 10.2 Å². The Balaban J connectivity index is 1.45. The van der Waals surface area contributed by atoms with Crippen LogP contribution in [0.1, 0.15) is 35.1 Å². The molecule has 1 aliphatic heterocycles. The number of rotatable bonds is 9. The second-order valence-corrected chi connectivity index (χ2v) is 9.53. The molecule has 12 heteroatoms. The number of esters is 1. The van der Waals surface area contributed by atoms with Crippen molar-refractivity contribution in [3.05, 3.63) is 34.8 Å². The average Bonchev–Trinajstić information content (AvgIpc) is 3.54. The van der Waals surface area contributed by atoms with E-state index in [0.29, 0.717) is 33.2 Å². The molecule has 1 aliphatic rings. The maximum Gasteiger partial charge on any atom is 0.350 e. The van der Waals surface area contributed by atoms with Crippen molar-refractivity contribution in [2.75, 3.05) is 24.3 Å². The Bertz CT molecular complexity index is 1160. The van der Waals surface area contributed by atoms with Gasteiger partial charge in [-0.25, -0.2) is 9.78 Å². The number of aromatic hydroxyl groups is 1. The van der Waals surface area contributed by atoms with Crippen LogP contribution in [0.5, 0.6) is 5.75 Å². The molecule has 0 bridgehead atoms. The molecule has 3 aromatic rings. The first-order valence-electron chi connectivity index (χ1n) is 10.9. The van der Waals surface area contributed by atoms with Gasteiger partial charge in [-0.2, -0.15) is 0 Å². The molecule has 1 amide bonds. The fraction of sp³-hybridized carbons (Fsp3) is 0.409. The van der Waals surface area contributed by atoms with Gasteiger partial charge < -0.3 is 19.9 Å². The summed E-state index contributed by atoms with van der Waals surface area (Å²) in [6, 6.07) is 6.75. The highest BCUT2D eigenvalue weighted by molar-refractivity contribution is 7.99. The monoisotopic (exact) mass is 503 g/mol. The molecule has 0 aliphatic carbocycles. The fourth-order valence-electron chi connectivity index (χ4n) is 3.50. The molecule has 180 valence electrons. The zero-order valence-electron chi connectivity index (χ0n) is 18.8. The molecule has 1 saturated heterocycles. The van der Waals surface area contributed by atoms with Crippen molar-refractivity contribution in [1.29, 1.82) is 0 Å². The maximum absolute atomic E-state index is 12.6. The summed E-state index contributed by atoms with van der Waals surface area (Å²) in [5.74, 6) is 0.187. The first-order chi connectivity index (χ1) is 16.4. The van der Waals surface area contributed by atoms with Crippen molar-refractivity contribution >= 4 is 40.1 Å². The lowest BCUT2D eigenvalue weighted by atomic mass is 10.2. The number of amides is 1. The number of anilines is 1. The Hall–Kier alpha value is -2.96. The fourth-order valence-corrected chi connectivity index (χ4v) is 5.12. The van der Waals surface area contributed by atoms with Gasteiger partial charge >= 0.3 is 5.97 Å². The summed E-state index contributed by atoms with van der Waals surface area (Å²) in [5.41, 5.74) is 1.32. The number of nitrogens with zero attached hydrogens (tertiary/aromatic N) is 4. The van der Waals surface area contributed by atoms with Crippen LogP contribution in [-0.2, 0) is 20.8 Å². The van der Waals surface area contributed by atoms with Gasteiger partial charge in [0.05, 0.1) is 30.7 Å². The third-order valence-electron chi connectivity index (χ3n) is 5.09. The number of hydrogen-bond donors (Lipinski definition) is 2. The van der Waals surface area contributed by atoms with E-state index in [1.165, 1.54) is 11.8 Å². The Morgan fingerprint density at radius 2 is 2.12 bits per heavy atom. The number of benzene rings is 1. The van der Waals surface area contributed by atoms with Gasteiger partial charge in [0, 0.05) is 12.2 Å². The van der Waals surface area contributed by atoms with Crippen LogP contribution >= 0.6 is 23.1 Å². The average molecular weight is 504 g/mol. The third-order valence-corrected chi connectivity index (χ3v) is 7.11. The summed E-state index contributed by atoms with van der Waals surface area (Å²) in [5, 5.41) is 21.9. The summed E-state index contributed by atoms with van der Waals surface area (Å²) >= 11 is 2.35. The van der Waals surface area contributed by atoms with Crippen LogP contribution in [0, 0.1) is 6.92 Å². The van der Waals surface area contributed by atoms with E-state index in [2.05, 4.69) is 20.5 Å². The van der Waals surface area contributed by atoms with Gasteiger partial charge in [-0.1, -0.05) is 23.1 Å². The Kier molecular flexibility index (Phi) is 7.80. The number of thioether (sulfide) groups is 1. The van der Waals surface area contributed by atoms with Gasteiger partial charge in [0.1, 0.15) is 10.6 Å². The van der Waals surface area contributed by atoms with E-state index in [9.17, 15) is 14.7 Å². The number of aromatic nitrogens is 4. The number of ether oxygens (including phenoxy) is 2. The van der Waals surface area contributed by atoms with Crippen molar-refractivity contribution in [3.63, 3.8) is 0 Å². The van der Waals surface area contributed by atoms with Gasteiger partial charge in [0.15, 0.2) is 16.1 Å². The number of aryl methyl sites for hydroxylation is 1. The molecule has 2 aromatic heterocycles. The number of carbonyl (C=O) groups excluding carboxylic acids is 2. The lowest BCUT2D eigenvalue weighted by Crippen LogP contribution is -2.18. The second kappa shape index (κ2) is 11.0. The maximum atomic E-state index is 12.6. The van der Waals surface area contributed by atoms with Crippen LogP contribution in [0.4, 0.5) is 5.13 Å². The van der Waals surface area contributed by atoms with E-state index in [-0.39, 0.29) is 30.1 Å². The van der Waals surface area contributed by atoms with Gasteiger partial charge in [0.2, 0.25) is 5.91 Å². The van der Waals surface area contributed by atoms with E-state index in [1.54, 1.807) is 38.1 Å². The van der Waals surface area contributed by atoms with Crippen molar-refractivity contribution in [2.24, 2.45) is 0 Å². The van der Waals surface area contributed by atoms with Crippen LogP contribution in [0.2, 0.25) is 0 Å². The summed E-state index contributed by atoms with van der Waals surface area (Å²) in [6.45, 7) is 5.01. The molecule has 1 atom stereocenters. The van der Waals surface area contributed by atoms with E-state index in [1.807, 2.05) is 4.57 Å². The van der Waals surface area contributed by atoms with E-state index in [4.69, 9.17) is 9.47 Å². The molecule has 1 aromatic carbocycles. The van der Waals surface area contributed by atoms with Crippen molar-refractivity contribution in [3.8, 4) is 17.1 Å². The molecule has 4 rings (SSSR count). The number of phenols is 1. The summed E-state index contributed by atoms with van der Waals surface area (Å²) in [7, 11) is 0. The largest absolute Gasteiger partial charge is 0.508 e. The number of nitrogens with one attached hydrogen (secondary N) is 1. The van der Waals surface area contributed by atoms with Crippen molar-refractivity contribution in [2.45, 2.75) is 44.5 Å². The Morgan fingerprint density at radius 1 is 1.32 bits per heavy atom.